The van der Waals surface area contributed by atoms with E-state index in [4.69, 9.17) is 24.1 Å². The number of aliphatic imine (C=N–C) groups is 1. The summed E-state index contributed by atoms with van der Waals surface area (Å²) in [5.41, 5.74) is 5.52. The lowest BCUT2D eigenvalue weighted by Crippen LogP contribution is -2.52. The summed E-state index contributed by atoms with van der Waals surface area (Å²) in [6.07, 6.45) is 1.30. The number of amides is 1. The predicted octanol–water partition coefficient (Wildman–Crippen LogP) is 3.35. The second kappa shape index (κ2) is 14.7. The van der Waals surface area contributed by atoms with E-state index in [0.717, 1.165) is 11.3 Å². The molecule has 0 saturated carbocycles. The van der Waals surface area contributed by atoms with Crippen LogP contribution in [0, 0.1) is 0 Å². The summed E-state index contributed by atoms with van der Waals surface area (Å²) in [7, 11) is 0. The molecule has 0 fully saturated rings. The van der Waals surface area contributed by atoms with E-state index in [9.17, 15) is 9.59 Å². The maximum atomic E-state index is 13.4. The standard InChI is InChI=1S/C30H41N3O7/c1-5-37-25-10-7-6-9-22(25)16-18-31-33-28(36)30(17-15-26(35)40-29(2,3)4)21-39-27(32-30)23-11-13-24(14-12-23)38-20-8-19-34/h6-7,9-14,31,34H,5,8,15-21H2,1-4H3,(H,33,36)/t30-/m0/s1. The Morgan fingerprint density at radius 3 is 2.55 bits per heavy atom. The number of rotatable bonds is 15. The van der Waals surface area contributed by atoms with Gasteiger partial charge in [0.25, 0.3) is 5.91 Å². The number of carbonyl (C=O) groups is 2. The summed E-state index contributed by atoms with van der Waals surface area (Å²) in [6, 6.07) is 14.9. The zero-order valence-corrected chi connectivity index (χ0v) is 23.8. The number of aliphatic hydroxyl groups is 1. The number of ether oxygens (including phenoxy) is 4. The van der Waals surface area contributed by atoms with Crippen molar-refractivity contribution in [1.82, 2.24) is 10.9 Å². The Labute approximate surface area is 236 Å². The van der Waals surface area contributed by atoms with E-state index in [2.05, 4.69) is 15.8 Å². The number of hydrogen-bond donors (Lipinski definition) is 3. The molecular weight excluding hydrogens is 514 g/mol. The molecule has 0 saturated heterocycles. The van der Waals surface area contributed by atoms with Crippen molar-refractivity contribution in [3.63, 3.8) is 0 Å². The summed E-state index contributed by atoms with van der Waals surface area (Å²) in [5.74, 6) is 0.975. The van der Waals surface area contributed by atoms with Crippen LogP contribution in [0.25, 0.3) is 0 Å². The molecule has 3 rings (SSSR count). The maximum Gasteiger partial charge on any atom is 0.306 e. The molecule has 1 aliphatic heterocycles. The topological polar surface area (TPSA) is 128 Å². The summed E-state index contributed by atoms with van der Waals surface area (Å²) in [5, 5.41) is 8.93. The molecule has 1 atom stereocenters. The smallest absolute Gasteiger partial charge is 0.306 e. The Morgan fingerprint density at radius 1 is 1.10 bits per heavy atom. The number of nitrogens with one attached hydrogen (secondary N) is 2. The van der Waals surface area contributed by atoms with Gasteiger partial charge in [-0.3, -0.25) is 15.0 Å². The van der Waals surface area contributed by atoms with Crippen molar-refractivity contribution in [3.8, 4) is 11.5 Å². The van der Waals surface area contributed by atoms with Gasteiger partial charge in [0.1, 0.15) is 23.7 Å². The molecule has 0 radical (unpaired) electrons. The van der Waals surface area contributed by atoms with Crippen LogP contribution < -0.4 is 20.3 Å². The number of hydrazine groups is 1. The lowest BCUT2D eigenvalue weighted by Gasteiger charge is -2.24. The number of carbonyl (C=O) groups excluding carboxylic acids is 2. The van der Waals surface area contributed by atoms with Crippen LogP contribution in [0.4, 0.5) is 0 Å². The highest BCUT2D eigenvalue weighted by atomic mass is 16.6. The van der Waals surface area contributed by atoms with Crippen LogP contribution in [0.15, 0.2) is 53.5 Å². The molecule has 0 unspecified atom stereocenters. The van der Waals surface area contributed by atoms with Crippen LogP contribution in [0.2, 0.25) is 0 Å². The van der Waals surface area contributed by atoms with Crippen LogP contribution in [0.1, 0.15) is 58.1 Å². The van der Waals surface area contributed by atoms with Crippen molar-refractivity contribution in [3.05, 3.63) is 59.7 Å². The average molecular weight is 556 g/mol. The van der Waals surface area contributed by atoms with E-state index in [-0.39, 0.29) is 26.1 Å². The zero-order chi connectivity index (χ0) is 29.0. The van der Waals surface area contributed by atoms with Crippen molar-refractivity contribution in [2.45, 2.75) is 64.5 Å². The van der Waals surface area contributed by atoms with E-state index in [1.807, 2.05) is 31.2 Å². The molecule has 0 aromatic heterocycles. The van der Waals surface area contributed by atoms with Gasteiger partial charge in [0, 0.05) is 31.6 Å². The molecule has 0 bridgehead atoms. The lowest BCUT2D eigenvalue weighted by atomic mass is 9.94. The fourth-order valence-corrected chi connectivity index (χ4v) is 4.07. The molecule has 1 amide bonds. The van der Waals surface area contributed by atoms with Gasteiger partial charge in [-0.1, -0.05) is 18.2 Å². The first kappa shape index (κ1) is 30.9. The summed E-state index contributed by atoms with van der Waals surface area (Å²) < 4.78 is 22.6. The minimum atomic E-state index is -1.31. The number of benzene rings is 2. The fraction of sp³-hybridized carbons (Fsp3) is 0.500. The van der Waals surface area contributed by atoms with Crippen LogP contribution >= 0.6 is 0 Å². The molecule has 2 aromatic carbocycles. The molecule has 0 spiro atoms. The monoisotopic (exact) mass is 555 g/mol. The molecule has 10 nitrogen and oxygen atoms in total. The van der Waals surface area contributed by atoms with Crippen LogP contribution in [0.5, 0.6) is 11.5 Å². The fourth-order valence-electron chi connectivity index (χ4n) is 4.07. The average Bonchev–Trinajstić information content (AvgIpc) is 3.36. The lowest BCUT2D eigenvalue weighted by molar-refractivity contribution is -0.155. The Morgan fingerprint density at radius 2 is 1.85 bits per heavy atom. The van der Waals surface area contributed by atoms with Gasteiger partial charge < -0.3 is 24.1 Å². The first-order valence-corrected chi connectivity index (χ1v) is 13.7. The van der Waals surface area contributed by atoms with E-state index in [1.165, 1.54) is 0 Å². The Balaban J connectivity index is 1.69. The number of nitrogens with zero attached hydrogens (tertiary/aromatic N) is 1. The third-order valence-electron chi connectivity index (χ3n) is 6.01. The van der Waals surface area contributed by atoms with Crippen LogP contribution in [-0.4, -0.2) is 67.0 Å². The van der Waals surface area contributed by atoms with Crippen molar-refractivity contribution in [2.24, 2.45) is 4.99 Å². The first-order chi connectivity index (χ1) is 19.2. The first-order valence-electron chi connectivity index (χ1n) is 13.7. The molecule has 1 heterocycles. The third-order valence-corrected chi connectivity index (χ3v) is 6.01. The Bertz CT molecular complexity index is 1140. The summed E-state index contributed by atoms with van der Waals surface area (Å²) >= 11 is 0. The van der Waals surface area contributed by atoms with Gasteiger partial charge in [0.15, 0.2) is 5.54 Å². The summed E-state index contributed by atoms with van der Waals surface area (Å²) in [4.78, 5) is 30.6. The van der Waals surface area contributed by atoms with Crippen molar-refractivity contribution in [1.29, 1.82) is 0 Å². The largest absolute Gasteiger partial charge is 0.494 e. The number of para-hydroxylation sites is 1. The highest BCUT2D eigenvalue weighted by molar-refractivity contribution is 6.00. The quantitative estimate of drug-likeness (QED) is 0.173. The van der Waals surface area contributed by atoms with Gasteiger partial charge in [0.2, 0.25) is 5.90 Å². The number of aliphatic hydroxyl groups excluding tert-OH is 1. The Kier molecular flexibility index (Phi) is 11.3. The van der Waals surface area contributed by atoms with E-state index < -0.39 is 23.0 Å². The molecule has 0 aliphatic carbocycles. The van der Waals surface area contributed by atoms with Gasteiger partial charge in [0.05, 0.1) is 13.2 Å². The highest BCUT2D eigenvalue weighted by Gasteiger charge is 2.45. The second-order valence-electron chi connectivity index (χ2n) is 10.4. The molecule has 1 aliphatic rings. The summed E-state index contributed by atoms with van der Waals surface area (Å²) in [6.45, 7) is 8.82. The van der Waals surface area contributed by atoms with Gasteiger partial charge in [-0.05, 0) is 76.4 Å². The van der Waals surface area contributed by atoms with Crippen molar-refractivity contribution < 1.29 is 33.6 Å². The molecular formula is C30H41N3O7. The second-order valence-corrected chi connectivity index (χ2v) is 10.4. The zero-order valence-electron chi connectivity index (χ0n) is 23.8. The molecule has 40 heavy (non-hydrogen) atoms. The van der Waals surface area contributed by atoms with Gasteiger partial charge >= 0.3 is 5.97 Å². The molecule has 2 aromatic rings. The van der Waals surface area contributed by atoms with Crippen LogP contribution in [-0.2, 0) is 25.5 Å². The normalized spacial score (nSPS) is 16.6. The third kappa shape index (κ3) is 9.24. The molecule has 10 heteroatoms. The number of hydrogen-bond acceptors (Lipinski definition) is 9. The SMILES string of the molecule is CCOc1ccccc1CCNNC(=O)[C@]1(CCC(=O)OC(C)(C)C)COC(c2ccc(OCCCO)cc2)=N1. The van der Waals surface area contributed by atoms with Crippen molar-refractivity contribution >= 4 is 17.8 Å². The van der Waals surface area contributed by atoms with Gasteiger partial charge in [-0.2, -0.15) is 0 Å². The Hall–Kier alpha value is -3.63. The van der Waals surface area contributed by atoms with E-state index in [0.29, 0.717) is 49.8 Å². The van der Waals surface area contributed by atoms with E-state index in [1.54, 1.807) is 45.0 Å². The minimum absolute atomic E-state index is 0.00416. The molecule has 218 valence electrons. The van der Waals surface area contributed by atoms with E-state index >= 15 is 0 Å². The van der Waals surface area contributed by atoms with Gasteiger partial charge in [-0.25, -0.2) is 10.4 Å². The predicted molar refractivity (Wildman–Crippen MR) is 151 cm³/mol. The maximum absolute atomic E-state index is 13.4. The minimum Gasteiger partial charge on any atom is -0.494 e. The van der Waals surface area contributed by atoms with Crippen molar-refractivity contribution in [2.75, 3.05) is 33.0 Å². The molecule has 3 N–H and O–H groups in total. The number of esters is 1. The van der Waals surface area contributed by atoms with Crippen LogP contribution in [0.3, 0.4) is 0 Å². The van der Waals surface area contributed by atoms with Gasteiger partial charge in [-0.15, -0.1) is 0 Å². The highest BCUT2D eigenvalue weighted by Crippen LogP contribution is 2.29.